The van der Waals surface area contributed by atoms with Crippen molar-refractivity contribution in [1.82, 2.24) is 10.2 Å². The van der Waals surface area contributed by atoms with Gasteiger partial charge in [-0.25, -0.2) is 0 Å². The van der Waals surface area contributed by atoms with Gasteiger partial charge < -0.3 is 4.90 Å². The number of rotatable bonds is 5. The van der Waals surface area contributed by atoms with Gasteiger partial charge >= 0.3 is 0 Å². The minimum absolute atomic E-state index is 0.0639. The molecule has 1 fully saturated rings. The molecule has 0 spiro atoms. The highest BCUT2D eigenvalue weighted by molar-refractivity contribution is 7.10. The van der Waals surface area contributed by atoms with Crippen molar-refractivity contribution in [2.45, 2.75) is 51.7 Å². The lowest BCUT2D eigenvalue weighted by molar-refractivity contribution is -0.133. The van der Waals surface area contributed by atoms with Crippen LogP contribution in [-0.2, 0) is 4.79 Å². The average Bonchev–Trinajstić information content (AvgIpc) is 2.97. The van der Waals surface area contributed by atoms with E-state index in [0.717, 1.165) is 25.8 Å². The molecule has 1 saturated heterocycles. The Morgan fingerprint density at radius 2 is 2.28 bits per heavy atom. The molecule has 1 aromatic heterocycles. The average molecular weight is 266 g/mol. The molecule has 0 radical (unpaired) electrons. The summed E-state index contributed by atoms with van der Waals surface area (Å²) in [6.07, 6.45) is 3.07. The first kappa shape index (κ1) is 13.6. The van der Waals surface area contributed by atoms with E-state index in [0.29, 0.717) is 0 Å². The van der Waals surface area contributed by atoms with Crippen molar-refractivity contribution in [1.29, 1.82) is 0 Å². The number of thiophene rings is 1. The maximum Gasteiger partial charge on any atom is 0.244 e. The van der Waals surface area contributed by atoms with Crippen molar-refractivity contribution >= 4 is 17.2 Å². The van der Waals surface area contributed by atoms with Gasteiger partial charge in [-0.05, 0) is 31.2 Å². The monoisotopic (exact) mass is 266 g/mol. The first-order chi connectivity index (χ1) is 8.62. The number of carbonyl (C=O) groups excluding carboxylic acids is 1. The number of carbonyl (C=O) groups is 1. The summed E-state index contributed by atoms with van der Waals surface area (Å²) in [5.74, 6) is 0.247. The van der Waals surface area contributed by atoms with Crippen LogP contribution >= 0.6 is 11.3 Å². The second-order valence-electron chi connectivity index (χ2n) is 5.10. The molecule has 100 valence electrons. The van der Waals surface area contributed by atoms with Crippen molar-refractivity contribution in [3.8, 4) is 0 Å². The Morgan fingerprint density at radius 3 is 2.83 bits per heavy atom. The molecule has 18 heavy (non-hydrogen) atoms. The van der Waals surface area contributed by atoms with E-state index in [9.17, 15) is 4.79 Å². The highest BCUT2D eigenvalue weighted by atomic mass is 32.1. The van der Waals surface area contributed by atoms with Crippen LogP contribution in [0.3, 0.4) is 0 Å². The van der Waals surface area contributed by atoms with E-state index < -0.39 is 5.54 Å². The van der Waals surface area contributed by atoms with E-state index in [-0.39, 0.29) is 12.1 Å². The third kappa shape index (κ3) is 2.31. The highest BCUT2D eigenvalue weighted by Crippen LogP contribution is 2.34. The predicted octanol–water partition coefficient (Wildman–Crippen LogP) is 3.15. The summed E-state index contributed by atoms with van der Waals surface area (Å²) in [6.45, 7) is 7.09. The molecule has 3 nitrogen and oxygen atoms in total. The SMILES string of the molecule is CCCCN1C(=O)C(C)(CC)NC1c1cccs1. The molecule has 0 aliphatic carbocycles. The minimum Gasteiger partial charge on any atom is -0.320 e. The van der Waals surface area contributed by atoms with Crippen molar-refractivity contribution in [2.75, 3.05) is 6.54 Å². The van der Waals surface area contributed by atoms with Crippen LogP contribution < -0.4 is 5.32 Å². The fourth-order valence-corrected chi connectivity index (χ4v) is 3.15. The molecule has 0 aromatic carbocycles. The topological polar surface area (TPSA) is 32.3 Å². The van der Waals surface area contributed by atoms with Crippen molar-refractivity contribution < 1.29 is 4.79 Å². The second kappa shape index (κ2) is 5.41. The quantitative estimate of drug-likeness (QED) is 0.888. The molecule has 0 bridgehead atoms. The van der Waals surface area contributed by atoms with Crippen molar-refractivity contribution in [3.05, 3.63) is 22.4 Å². The maximum absolute atomic E-state index is 12.5. The van der Waals surface area contributed by atoms with E-state index in [2.05, 4.69) is 30.6 Å². The molecule has 2 heterocycles. The molecule has 1 N–H and O–H groups in total. The molecule has 2 atom stereocenters. The van der Waals surface area contributed by atoms with E-state index in [1.165, 1.54) is 4.88 Å². The lowest BCUT2D eigenvalue weighted by atomic mass is 9.99. The number of hydrogen-bond acceptors (Lipinski definition) is 3. The predicted molar refractivity (Wildman–Crippen MR) is 75.5 cm³/mol. The Kier molecular flexibility index (Phi) is 4.07. The smallest absolute Gasteiger partial charge is 0.244 e. The largest absolute Gasteiger partial charge is 0.320 e. The van der Waals surface area contributed by atoms with Gasteiger partial charge in [0, 0.05) is 11.4 Å². The number of hydrogen-bond donors (Lipinski definition) is 1. The van der Waals surface area contributed by atoms with E-state index in [1.807, 2.05) is 17.9 Å². The fraction of sp³-hybridized carbons (Fsp3) is 0.643. The lowest BCUT2D eigenvalue weighted by Crippen LogP contribution is -2.43. The summed E-state index contributed by atoms with van der Waals surface area (Å²) in [4.78, 5) is 15.8. The molecule has 1 amide bonds. The van der Waals surface area contributed by atoms with Gasteiger partial charge in [-0.2, -0.15) is 0 Å². The van der Waals surface area contributed by atoms with Crippen molar-refractivity contribution in [3.63, 3.8) is 0 Å². The van der Waals surface area contributed by atoms with E-state index >= 15 is 0 Å². The van der Waals surface area contributed by atoms with Crippen LogP contribution in [0.2, 0.25) is 0 Å². The van der Waals surface area contributed by atoms with Gasteiger partial charge in [0.1, 0.15) is 6.17 Å². The number of amides is 1. The van der Waals surface area contributed by atoms with Gasteiger partial charge in [-0.1, -0.05) is 26.3 Å². The summed E-state index contributed by atoms with van der Waals surface area (Å²) < 4.78 is 0. The molecule has 1 aliphatic heterocycles. The molecule has 1 aromatic rings. The number of nitrogens with one attached hydrogen (secondary N) is 1. The normalized spacial score (nSPS) is 28.1. The molecule has 1 aliphatic rings. The number of unbranched alkanes of at least 4 members (excludes halogenated alkanes) is 1. The van der Waals surface area contributed by atoms with E-state index in [1.54, 1.807) is 11.3 Å². The molecule has 2 unspecified atom stereocenters. The Hall–Kier alpha value is -0.870. The van der Waals surface area contributed by atoms with Crippen LogP contribution in [-0.4, -0.2) is 22.9 Å². The summed E-state index contributed by atoms with van der Waals surface area (Å²) in [5.41, 5.74) is -0.400. The Bertz CT molecular complexity index is 404. The molecule has 0 saturated carbocycles. The number of nitrogens with zero attached hydrogens (tertiary/aromatic N) is 1. The minimum atomic E-state index is -0.400. The Balaban J connectivity index is 2.24. The van der Waals surface area contributed by atoms with Crippen LogP contribution in [0.15, 0.2) is 17.5 Å². The first-order valence-electron chi connectivity index (χ1n) is 6.74. The van der Waals surface area contributed by atoms with Gasteiger partial charge in [0.25, 0.3) is 0 Å². The van der Waals surface area contributed by atoms with Gasteiger partial charge in [0.2, 0.25) is 5.91 Å². The first-order valence-corrected chi connectivity index (χ1v) is 7.62. The zero-order valence-electron chi connectivity index (χ0n) is 11.4. The summed E-state index contributed by atoms with van der Waals surface area (Å²) in [6, 6.07) is 4.15. The molecular weight excluding hydrogens is 244 g/mol. The summed E-state index contributed by atoms with van der Waals surface area (Å²) in [5, 5.41) is 5.59. The highest BCUT2D eigenvalue weighted by Gasteiger charge is 2.47. The fourth-order valence-electron chi connectivity index (χ4n) is 2.36. The third-order valence-electron chi connectivity index (χ3n) is 3.77. The zero-order valence-corrected chi connectivity index (χ0v) is 12.2. The van der Waals surface area contributed by atoms with Crippen LogP contribution in [0.4, 0.5) is 0 Å². The Morgan fingerprint density at radius 1 is 1.50 bits per heavy atom. The summed E-state index contributed by atoms with van der Waals surface area (Å²) >= 11 is 1.71. The third-order valence-corrected chi connectivity index (χ3v) is 4.70. The van der Waals surface area contributed by atoms with Crippen LogP contribution in [0.1, 0.15) is 51.1 Å². The van der Waals surface area contributed by atoms with Gasteiger partial charge in [0.15, 0.2) is 0 Å². The van der Waals surface area contributed by atoms with Gasteiger partial charge in [-0.3, -0.25) is 10.1 Å². The Labute approximate surface area is 113 Å². The van der Waals surface area contributed by atoms with Crippen molar-refractivity contribution in [2.24, 2.45) is 0 Å². The summed E-state index contributed by atoms with van der Waals surface area (Å²) in [7, 11) is 0. The zero-order chi connectivity index (χ0) is 13.2. The van der Waals surface area contributed by atoms with Gasteiger partial charge in [-0.15, -0.1) is 11.3 Å². The maximum atomic E-state index is 12.5. The second-order valence-corrected chi connectivity index (χ2v) is 6.08. The molecular formula is C14H22N2OS. The standard InChI is InChI=1S/C14H22N2OS/c1-4-6-9-16-12(11-8-7-10-18-11)15-14(3,5-2)13(16)17/h7-8,10,12,15H,4-6,9H2,1-3H3. The van der Waals surface area contributed by atoms with E-state index in [4.69, 9.17) is 0 Å². The van der Waals surface area contributed by atoms with Crippen LogP contribution in [0, 0.1) is 0 Å². The van der Waals surface area contributed by atoms with Gasteiger partial charge in [0.05, 0.1) is 5.54 Å². The molecule has 2 rings (SSSR count). The van der Waals surface area contributed by atoms with Crippen LogP contribution in [0.25, 0.3) is 0 Å². The lowest BCUT2D eigenvalue weighted by Gasteiger charge is -2.23. The van der Waals surface area contributed by atoms with Crippen LogP contribution in [0.5, 0.6) is 0 Å². The molecule has 4 heteroatoms.